The van der Waals surface area contributed by atoms with Crippen molar-refractivity contribution in [3.63, 3.8) is 0 Å². The van der Waals surface area contributed by atoms with Crippen LogP contribution in [0.1, 0.15) is 5.69 Å². The summed E-state index contributed by atoms with van der Waals surface area (Å²) in [5.41, 5.74) is 1.21. The van der Waals surface area contributed by atoms with Crippen molar-refractivity contribution in [2.24, 2.45) is 7.05 Å². The van der Waals surface area contributed by atoms with Crippen LogP contribution in [0.2, 0.25) is 0 Å². The highest BCUT2D eigenvalue weighted by Gasteiger charge is 1.97. The molecule has 2 aromatic heterocycles. The Morgan fingerprint density at radius 3 is 2.67 bits per heavy atom. The van der Waals surface area contributed by atoms with Gasteiger partial charge < -0.3 is 4.57 Å². The van der Waals surface area contributed by atoms with E-state index < -0.39 is 0 Å². The fourth-order valence-corrected chi connectivity index (χ4v) is 1.22. The van der Waals surface area contributed by atoms with Crippen molar-refractivity contribution >= 4 is 0 Å². The Kier molecular flexibility index (Phi) is 1.70. The lowest BCUT2D eigenvalue weighted by atomic mass is 10.4. The molecule has 3 nitrogen and oxygen atoms in total. The van der Waals surface area contributed by atoms with Gasteiger partial charge in [0.25, 0.3) is 0 Å². The Morgan fingerprint density at radius 2 is 2.08 bits per heavy atom. The standard InChI is InChI=1S/C9H11N3/c1-11-9(4-5-10-11)8-12-6-2-3-7-12/h2-7H,8H2,1H3. The maximum Gasteiger partial charge on any atom is 0.0639 e. The van der Waals surface area contributed by atoms with Crippen LogP contribution in [0.15, 0.2) is 36.8 Å². The van der Waals surface area contributed by atoms with Gasteiger partial charge in [0.05, 0.1) is 12.2 Å². The van der Waals surface area contributed by atoms with E-state index in [1.54, 1.807) is 0 Å². The van der Waals surface area contributed by atoms with Crippen LogP contribution >= 0.6 is 0 Å². The Labute approximate surface area is 71.2 Å². The second-order valence-corrected chi connectivity index (χ2v) is 2.80. The van der Waals surface area contributed by atoms with Crippen LogP contribution < -0.4 is 0 Å². The van der Waals surface area contributed by atoms with Gasteiger partial charge in [-0.2, -0.15) is 5.10 Å². The highest BCUT2D eigenvalue weighted by molar-refractivity contribution is 5.02. The zero-order chi connectivity index (χ0) is 8.39. The molecule has 0 radical (unpaired) electrons. The van der Waals surface area contributed by atoms with E-state index in [2.05, 4.69) is 9.67 Å². The normalized spacial score (nSPS) is 10.4. The van der Waals surface area contributed by atoms with Crippen LogP contribution in [0.3, 0.4) is 0 Å². The van der Waals surface area contributed by atoms with E-state index >= 15 is 0 Å². The molecule has 2 rings (SSSR count). The first-order valence-corrected chi connectivity index (χ1v) is 3.94. The molecular formula is C9H11N3. The Morgan fingerprint density at radius 1 is 1.33 bits per heavy atom. The Bertz CT molecular complexity index is 345. The highest BCUT2D eigenvalue weighted by atomic mass is 15.3. The van der Waals surface area contributed by atoms with Gasteiger partial charge in [-0.1, -0.05) is 0 Å². The van der Waals surface area contributed by atoms with Crippen molar-refractivity contribution in [1.82, 2.24) is 14.3 Å². The van der Waals surface area contributed by atoms with Crippen LogP contribution in [0.5, 0.6) is 0 Å². The van der Waals surface area contributed by atoms with Gasteiger partial charge in [0, 0.05) is 25.6 Å². The summed E-state index contributed by atoms with van der Waals surface area (Å²) in [4.78, 5) is 0. The second-order valence-electron chi connectivity index (χ2n) is 2.80. The number of hydrogen-bond donors (Lipinski definition) is 0. The van der Waals surface area contributed by atoms with E-state index in [1.807, 2.05) is 48.5 Å². The van der Waals surface area contributed by atoms with Crippen molar-refractivity contribution in [3.8, 4) is 0 Å². The minimum absolute atomic E-state index is 0.892. The molecule has 0 atom stereocenters. The fourth-order valence-electron chi connectivity index (χ4n) is 1.22. The lowest BCUT2D eigenvalue weighted by molar-refractivity contribution is 0.668. The van der Waals surface area contributed by atoms with E-state index in [0.717, 1.165) is 6.54 Å². The molecule has 0 aliphatic heterocycles. The number of hydrogen-bond acceptors (Lipinski definition) is 1. The summed E-state index contributed by atoms with van der Waals surface area (Å²) in [6.07, 6.45) is 5.92. The molecule has 0 aliphatic carbocycles. The molecule has 0 N–H and O–H groups in total. The first kappa shape index (κ1) is 7.16. The van der Waals surface area contributed by atoms with E-state index in [4.69, 9.17) is 0 Å². The van der Waals surface area contributed by atoms with Crippen LogP contribution in [-0.2, 0) is 13.6 Å². The molecule has 0 saturated carbocycles. The summed E-state index contributed by atoms with van der Waals surface area (Å²) < 4.78 is 4.01. The molecule has 0 amide bonds. The summed E-state index contributed by atoms with van der Waals surface area (Å²) in [6.45, 7) is 0.892. The molecule has 0 saturated heterocycles. The van der Waals surface area contributed by atoms with E-state index in [0.29, 0.717) is 0 Å². The Balaban J connectivity index is 2.20. The molecule has 62 valence electrons. The lowest BCUT2D eigenvalue weighted by Crippen LogP contribution is -2.03. The summed E-state index contributed by atoms with van der Waals surface area (Å²) in [6, 6.07) is 6.08. The van der Waals surface area contributed by atoms with Crippen molar-refractivity contribution in [1.29, 1.82) is 0 Å². The van der Waals surface area contributed by atoms with Gasteiger partial charge in [-0.15, -0.1) is 0 Å². The van der Waals surface area contributed by atoms with Crippen molar-refractivity contribution < 1.29 is 0 Å². The van der Waals surface area contributed by atoms with Crippen LogP contribution in [0, 0.1) is 0 Å². The molecule has 0 aliphatic rings. The third-order valence-corrected chi connectivity index (χ3v) is 1.93. The number of rotatable bonds is 2. The molecule has 0 fully saturated rings. The van der Waals surface area contributed by atoms with Gasteiger partial charge in [-0.05, 0) is 18.2 Å². The van der Waals surface area contributed by atoms with Crippen LogP contribution in [0.4, 0.5) is 0 Å². The molecule has 0 spiro atoms. The number of aryl methyl sites for hydroxylation is 1. The number of aromatic nitrogens is 3. The second kappa shape index (κ2) is 2.85. The van der Waals surface area contributed by atoms with Crippen molar-refractivity contribution in [3.05, 3.63) is 42.5 Å². The SMILES string of the molecule is Cn1nccc1Cn1cccc1. The van der Waals surface area contributed by atoms with Crippen LogP contribution in [0.25, 0.3) is 0 Å². The molecule has 0 bridgehead atoms. The summed E-state index contributed by atoms with van der Waals surface area (Å²) in [5.74, 6) is 0. The quantitative estimate of drug-likeness (QED) is 0.650. The monoisotopic (exact) mass is 161 g/mol. The van der Waals surface area contributed by atoms with Crippen molar-refractivity contribution in [2.45, 2.75) is 6.54 Å². The molecule has 2 aromatic rings. The lowest BCUT2D eigenvalue weighted by Gasteiger charge is -2.02. The maximum atomic E-state index is 4.10. The Hall–Kier alpha value is -1.51. The van der Waals surface area contributed by atoms with Gasteiger partial charge in [0.1, 0.15) is 0 Å². The molecule has 0 aromatic carbocycles. The van der Waals surface area contributed by atoms with E-state index in [-0.39, 0.29) is 0 Å². The van der Waals surface area contributed by atoms with E-state index in [1.165, 1.54) is 5.69 Å². The summed E-state index contributed by atoms with van der Waals surface area (Å²) in [7, 11) is 1.96. The summed E-state index contributed by atoms with van der Waals surface area (Å²) >= 11 is 0. The van der Waals surface area contributed by atoms with E-state index in [9.17, 15) is 0 Å². The molecule has 12 heavy (non-hydrogen) atoms. The van der Waals surface area contributed by atoms with Gasteiger partial charge in [0.2, 0.25) is 0 Å². The minimum Gasteiger partial charge on any atom is -0.348 e. The largest absolute Gasteiger partial charge is 0.348 e. The molecular weight excluding hydrogens is 150 g/mol. The average Bonchev–Trinajstić information content (AvgIpc) is 2.65. The predicted octanol–water partition coefficient (Wildman–Crippen LogP) is 1.27. The first-order valence-electron chi connectivity index (χ1n) is 3.94. The molecule has 0 unspecified atom stereocenters. The molecule has 2 heterocycles. The molecule has 3 heteroatoms. The van der Waals surface area contributed by atoms with Gasteiger partial charge in [-0.3, -0.25) is 4.68 Å². The maximum absolute atomic E-state index is 4.10. The minimum atomic E-state index is 0.892. The van der Waals surface area contributed by atoms with Crippen LogP contribution in [-0.4, -0.2) is 14.3 Å². The highest BCUT2D eigenvalue weighted by Crippen LogP contribution is 2.00. The topological polar surface area (TPSA) is 22.8 Å². The smallest absolute Gasteiger partial charge is 0.0639 e. The fraction of sp³-hybridized carbons (Fsp3) is 0.222. The first-order chi connectivity index (χ1) is 5.86. The van der Waals surface area contributed by atoms with Gasteiger partial charge in [-0.25, -0.2) is 0 Å². The average molecular weight is 161 g/mol. The zero-order valence-electron chi connectivity index (χ0n) is 7.01. The van der Waals surface area contributed by atoms with Gasteiger partial charge >= 0.3 is 0 Å². The summed E-state index contributed by atoms with van der Waals surface area (Å²) in [5, 5.41) is 4.10. The van der Waals surface area contributed by atoms with Gasteiger partial charge in [0.15, 0.2) is 0 Å². The third-order valence-electron chi connectivity index (χ3n) is 1.93. The van der Waals surface area contributed by atoms with Crippen molar-refractivity contribution in [2.75, 3.05) is 0 Å². The number of nitrogens with zero attached hydrogens (tertiary/aromatic N) is 3. The predicted molar refractivity (Wildman–Crippen MR) is 46.7 cm³/mol. The zero-order valence-corrected chi connectivity index (χ0v) is 7.01. The third kappa shape index (κ3) is 1.25.